The number of para-hydroxylation sites is 2. The fraction of sp³-hybridized carbons (Fsp3) is 0.611. The molecule has 0 spiro atoms. The molecule has 7 heteroatoms. The van der Waals surface area contributed by atoms with Crippen molar-refractivity contribution >= 4 is 21.4 Å². The van der Waals surface area contributed by atoms with Gasteiger partial charge in [-0.3, -0.25) is 4.79 Å². The Bertz CT molecular complexity index is 712. The Balaban J connectivity index is 1.54. The van der Waals surface area contributed by atoms with Crippen LogP contribution in [0.2, 0.25) is 0 Å². The summed E-state index contributed by atoms with van der Waals surface area (Å²) in [5, 5.41) is 0. The standard InChI is InChI=1S/C18H26N2O4S/c1-2-24-17-6-4-3-5-16(17)19-8-10-20(11-9-19)18(21)13-15-7-12-25(22,23)14-15/h3-6,15H,2,7-14H2,1H3/t15-/m1/s1. The quantitative estimate of drug-likeness (QED) is 0.791. The third-order valence-electron chi connectivity index (χ3n) is 4.93. The van der Waals surface area contributed by atoms with E-state index >= 15 is 0 Å². The van der Waals surface area contributed by atoms with E-state index in [2.05, 4.69) is 4.90 Å². The van der Waals surface area contributed by atoms with Gasteiger partial charge in [0.15, 0.2) is 9.84 Å². The van der Waals surface area contributed by atoms with Crippen molar-refractivity contribution < 1.29 is 17.9 Å². The number of piperazine rings is 1. The summed E-state index contributed by atoms with van der Waals surface area (Å²) < 4.78 is 28.8. The van der Waals surface area contributed by atoms with E-state index in [1.807, 2.05) is 36.1 Å². The van der Waals surface area contributed by atoms with Crippen molar-refractivity contribution in [2.24, 2.45) is 5.92 Å². The number of carbonyl (C=O) groups is 1. The Hall–Kier alpha value is -1.76. The molecule has 1 amide bonds. The van der Waals surface area contributed by atoms with Crippen molar-refractivity contribution in [2.45, 2.75) is 19.8 Å². The predicted octanol–water partition coefficient (Wildman–Crippen LogP) is 1.56. The van der Waals surface area contributed by atoms with Gasteiger partial charge in [-0.25, -0.2) is 8.42 Å². The average Bonchev–Trinajstić information content (AvgIpc) is 2.94. The molecular formula is C18H26N2O4S. The fourth-order valence-corrected chi connectivity index (χ4v) is 5.46. The molecule has 2 aliphatic rings. The zero-order valence-corrected chi connectivity index (χ0v) is 15.5. The van der Waals surface area contributed by atoms with E-state index in [4.69, 9.17) is 4.74 Å². The minimum absolute atomic E-state index is 0.00536. The number of rotatable bonds is 5. The first-order valence-corrected chi connectivity index (χ1v) is 10.8. The van der Waals surface area contributed by atoms with E-state index in [-0.39, 0.29) is 23.3 Å². The molecule has 1 atom stereocenters. The first-order valence-electron chi connectivity index (χ1n) is 8.93. The number of anilines is 1. The van der Waals surface area contributed by atoms with Crippen LogP contribution in [-0.2, 0) is 14.6 Å². The summed E-state index contributed by atoms with van der Waals surface area (Å²) in [6, 6.07) is 7.97. The molecule has 2 heterocycles. The number of amides is 1. The minimum Gasteiger partial charge on any atom is -0.492 e. The van der Waals surface area contributed by atoms with E-state index in [9.17, 15) is 13.2 Å². The molecule has 0 unspecified atom stereocenters. The number of ether oxygens (including phenoxy) is 1. The Morgan fingerprint density at radius 2 is 1.92 bits per heavy atom. The van der Waals surface area contributed by atoms with Crippen LogP contribution < -0.4 is 9.64 Å². The Kier molecular flexibility index (Phi) is 5.51. The summed E-state index contributed by atoms with van der Waals surface area (Å²) in [7, 11) is -2.92. The molecule has 2 fully saturated rings. The number of hydrogen-bond donors (Lipinski definition) is 0. The maximum absolute atomic E-state index is 12.5. The molecule has 3 rings (SSSR count). The van der Waals surface area contributed by atoms with Crippen molar-refractivity contribution in [1.29, 1.82) is 0 Å². The molecule has 2 saturated heterocycles. The number of sulfone groups is 1. The van der Waals surface area contributed by atoms with Gasteiger partial charge in [0.1, 0.15) is 5.75 Å². The van der Waals surface area contributed by atoms with Gasteiger partial charge in [0.25, 0.3) is 0 Å². The van der Waals surface area contributed by atoms with Gasteiger partial charge in [-0.05, 0) is 31.4 Å². The second-order valence-corrected chi connectivity index (χ2v) is 8.97. The lowest BCUT2D eigenvalue weighted by Gasteiger charge is -2.37. The second kappa shape index (κ2) is 7.64. The predicted molar refractivity (Wildman–Crippen MR) is 97.8 cm³/mol. The topological polar surface area (TPSA) is 66.9 Å². The van der Waals surface area contributed by atoms with Crippen LogP contribution >= 0.6 is 0 Å². The van der Waals surface area contributed by atoms with Gasteiger partial charge in [0, 0.05) is 32.6 Å². The second-order valence-electron chi connectivity index (χ2n) is 6.74. The molecule has 0 aliphatic carbocycles. The summed E-state index contributed by atoms with van der Waals surface area (Å²) >= 11 is 0. The summed E-state index contributed by atoms with van der Waals surface area (Å²) in [5.41, 5.74) is 1.07. The molecule has 0 radical (unpaired) electrons. The van der Waals surface area contributed by atoms with Crippen LogP contribution in [0.25, 0.3) is 0 Å². The minimum atomic E-state index is -2.92. The van der Waals surface area contributed by atoms with Gasteiger partial charge in [-0.1, -0.05) is 12.1 Å². The van der Waals surface area contributed by atoms with Crippen LogP contribution in [0.5, 0.6) is 5.75 Å². The van der Waals surface area contributed by atoms with Crippen molar-refractivity contribution in [1.82, 2.24) is 4.90 Å². The van der Waals surface area contributed by atoms with E-state index in [0.29, 0.717) is 32.5 Å². The molecule has 138 valence electrons. The van der Waals surface area contributed by atoms with E-state index in [0.717, 1.165) is 24.5 Å². The smallest absolute Gasteiger partial charge is 0.223 e. The van der Waals surface area contributed by atoms with Crippen LogP contribution in [0.1, 0.15) is 19.8 Å². The monoisotopic (exact) mass is 366 g/mol. The SMILES string of the molecule is CCOc1ccccc1N1CCN(C(=O)C[C@H]2CCS(=O)(=O)C2)CC1. The lowest BCUT2D eigenvalue weighted by Crippen LogP contribution is -2.49. The first kappa shape index (κ1) is 18.0. The van der Waals surface area contributed by atoms with Crippen LogP contribution in [-0.4, -0.2) is 63.5 Å². The highest BCUT2D eigenvalue weighted by molar-refractivity contribution is 7.91. The van der Waals surface area contributed by atoms with Crippen molar-refractivity contribution in [3.8, 4) is 5.75 Å². The van der Waals surface area contributed by atoms with E-state index in [1.165, 1.54) is 0 Å². The average molecular weight is 366 g/mol. The molecule has 25 heavy (non-hydrogen) atoms. The highest BCUT2D eigenvalue weighted by Gasteiger charge is 2.31. The Morgan fingerprint density at radius 1 is 1.20 bits per heavy atom. The molecule has 0 aromatic heterocycles. The van der Waals surface area contributed by atoms with Gasteiger partial charge >= 0.3 is 0 Å². The van der Waals surface area contributed by atoms with Gasteiger partial charge in [0.05, 0.1) is 23.8 Å². The summed E-state index contributed by atoms with van der Waals surface area (Å²) in [6.45, 7) is 5.45. The highest BCUT2D eigenvalue weighted by Crippen LogP contribution is 2.29. The molecule has 0 N–H and O–H groups in total. The maximum Gasteiger partial charge on any atom is 0.223 e. The number of carbonyl (C=O) groups excluding carboxylic acids is 1. The lowest BCUT2D eigenvalue weighted by atomic mass is 10.0. The molecule has 6 nitrogen and oxygen atoms in total. The van der Waals surface area contributed by atoms with Crippen molar-refractivity contribution in [2.75, 3.05) is 49.2 Å². The van der Waals surface area contributed by atoms with Gasteiger partial charge < -0.3 is 14.5 Å². The summed E-state index contributed by atoms with van der Waals surface area (Å²) in [4.78, 5) is 16.6. The van der Waals surface area contributed by atoms with Crippen LogP contribution in [0, 0.1) is 5.92 Å². The highest BCUT2D eigenvalue weighted by atomic mass is 32.2. The Morgan fingerprint density at radius 3 is 2.56 bits per heavy atom. The third kappa shape index (κ3) is 4.45. The third-order valence-corrected chi connectivity index (χ3v) is 6.77. The van der Waals surface area contributed by atoms with E-state index < -0.39 is 9.84 Å². The molecule has 1 aromatic carbocycles. The normalized spacial score (nSPS) is 22.8. The van der Waals surface area contributed by atoms with Crippen LogP contribution in [0.4, 0.5) is 5.69 Å². The van der Waals surface area contributed by atoms with Gasteiger partial charge in [-0.15, -0.1) is 0 Å². The van der Waals surface area contributed by atoms with Crippen LogP contribution in [0.15, 0.2) is 24.3 Å². The summed E-state index contributed by atoms with van der Waals surface area (Å²) in [6.07, 6.45) is 0.977. The summed E-state index contributed by atoms with van der Waals surface area (Å²) in [5.74, 6) is 1.35. The van der Waals surface area contributed by atoms with Crippen LogP contribution in [0.3, 0.4) is 0 Å². The zero-order chi connectivity index (χ0) is 17.9. The van der Waals surface area contributed by atoms with Gasteiger partial charge in [0.2, 0.25) is 5.91 Å². The zero-order valence-electron chi connectivity index (χ0n) is 14.7. The van der Waals surface area contributed by atoms with Crippen molar-refractivity contribution in [3.05, 3.63) is 24.3 Å². The van der Waals surface area contributed by atoms with E-state index in [1.54, 1.807) is 0 Å². The maximum atomic E-state index is 12.5. The first-order chi connectivity index (χ1) is 12.0. The number of nitrogens with zero attached hydrogens (tertiary/aromatic N) is 2. The number of hydrogen-bond acceptors (Lipinski definition) is 5. The molecule has 1 aromatic rings. The van der Waals surface area contributed by atoms with Gasteiger partial charge in [-0.2, -0.15) is 0 Å². The largest absolute Gasteiger partial charge is 0.492 e. The molecule has 0 saturated carbocycles. The molecule has 2 aliphatic heterocycles. The number of benzene rings is 1. The lowest BCUT2D eigenvalue weighted by molar-refractivity contribution is -0.132. The Labute approximate surface area is 149 Å². The molecular weight excluding hydrogens is 340 g/mol. The van der Waals surface area contributed by atoms with Crippen molar-refractivity contribution in [3.63, 3.8) is 0 Å². The fourth-order valence-electron chi connectivity index (χ4n) is 3.60. The molecule has 0 bridgehead atoms.